The van der Waals surface area contributed by atoms with E-state index in [9.17, 15) is 10.1 Å². The van der Waals surface area contributed by atoms with Crippen LogP contribution in [0.5, 0.6) is 0 Å². The number of nitriles is 1. The number of benzene rings is 1. The predicted octanol–water partition coefficient (Wildman–Crippen LogP) is 3.27. The van der Waals surface area contributed by atoms with E-state index in [2.05, 4.69) is 36.6 Å². The van der Waals surface area contributed by atoms with Gasteiger partial charge in [0.25, 0.3) is 0 Å². The Hall–Kier alpha value is -3.64. The van der Waals surface area contributed by atoms with E-state index in [0.717, 1.165) is 37.1 Å². The summed E-state index contributed by atoms with van der Waals surface area (Å²) in [5.74, 6) is 0.254. The fraction of sp³-hybridized carbons (Fsp3) is 0.440. The number of nitrogens with one attached hydrogen (secondary N) is 3. The molecule has 0 bridgehead atoms. The van der Waals surface area contributed by atoms with Crippen molar-refractivity contribution >= 4 is 17.5 Å². The lowest BCUT2D eigenvalue weighted by molar-refractivity contribution is -0.115. The highest BCUT2D eigenvalue weighted by atomic mass is 16.5. The smallest absolute Gasteiger partial charge is 0.231 e. The molecule has 1 aliphatic rings. The van der Waals surface area contributed by atoms with Gasteiger partial charge < -0.3 is 20.3 Å². The average Bonchev–Trinajstić information content (AvgIpc) is 3.20. The first-order valence-electron chi connectivity index (χ1n) is 11.3. The van der Waals surface area contributed by atoms with Crippen molar-refractivity contribution in [1.82, 2.24) is 10.5 Å². The highest BCUT2D eigenvalue weighted by Gasteiger charge is 2.19. The Morgan fingerprint density at radius 2 is 2.06 bits per heavy atom. The molecule has 0 saturated carbocycles. The van der Waals surface area contributed by atoms with Gasteiger partial charge in [-0.05, 0) is 30.2 Å². The molecule has 0 spiro atoms. The Labute approximate surface area is 199 Å². The van der Waals surface area contributed by atoms with Gasteiger partial charge in [-0.3, -0.25) is 15.5 Å². The normalized spacial score (nSPS) is 16.8. The molecule has 34 heavy (non-hydrogen) atoms. The SMILES string of the molecule is CC(C)(C)Cc1cc(NC(=O)Cc2ccc(C(=N)/C(C#N)=C(/N)NC3CCCOC3)cc2)on1. The van der Waals surface area contributed by atoms with Gasteiger partial charge in [-0.25, -0.2) is 0 Å². The highest BCUT2D eigenvalue weighted by Crippen LogP contribution is 2.22. The van der Waals surface area contributed by atoms with Crippen LogP contribution >= 0.6 is 0 Å². The Balaban J connectivity index is 1.59. The monoisotopic (exact) mass is 464 g/mol. The highest BCUT2D eigenvalue weighted by molar-refractivity contribution is 6.13. The van der Waals surface area contributed by atoms with Gasteiger partial charge in [-0.15, -0.1) is 0 Å². The van der Waals surface area contributed by atoms with Crippen molar-refractivity contribution in [1.29, 1.82) is 10.7 Å². The molecule has 2 aromatic rings. The van der Waals surface area contributed by atoms with Gasteiger partial charge >= 0.3 is 0 Å². The molecule has 1 fully saturated rings. The first-order chi connectivity index (χ1) is 16.1. The molecule has 1 saturated heterocycles. The molecule has 3 rings (SSSR count). The van der Waals surface area contributed by atoms with Gasteiger partial charge in [-0.1, -0.05) is 50.2 Å². The molecule has 1 aromatic carbocycles. The maximum atomic E-state index is 12.4. The number of hydrogen-bond donors (Lipinski definition) is 4. The lowest BCUT2D eigenvalue weighted by Crippen LogP contribution is -2.39. The number of aromatic nitrogens is 1. The third-order valence-electron chi connectivity index (χ3n) is 5.29. The van der Waals surface area contributed by atoms with Crippen LogP contribution in [0.25, 0.3) is 0 Å². The molecule has 0 aliphatic carbocycles. The molecule has 9 heteroatoms. The molecule has 0 radical (unpaired) electrons. The van der Waals surface area contributed by atoms with Gasteiger partial charge in [-0.2, -0.15) is 5.26 Å². The van der Waals surface area contributed by atoms with Crippen molar-refractivity contribution in [2.24, 2.45) is 11.1 Å². The minimum Gasteiger partial charge on any atom is -0.384 e. The maximum absolute atomic E-state index is 12.4. The molecule has 1 atom stereocenters. The van der Waals surface area contributed by atoms with Crippen molar-refractivity contribution in [3.05, 3.63) is 58.5 Å². The first kappa shape index (κ1) is 25.0. The average molecular weight is 465 g/mol. The lowest BCUT2D eigenvalue weighted by Gasteiger charge is -2.24. The van der Waals surface area contributed by atoms with E-state index >= 15 is 0 Å². The third kappa shape index (κ3) is 7.18. The lowest BCUT2D eigenvalue weighted by atomic mass is 9.91. The van der Waals surface area contributed by atoms with Gasteiger partial charge in [0, 0.05) is 18.2 Å². The quantitative estimate of drug-likeness (QED) is 0.346. The Morgan fingerprint density at radius 1 is 1.32 bits per heavy atom. The van der Waals surface area contributed by atoms with E-state index in [-0.39, 0.29) is 40.9 Å². The van der Waals surface area contributed by atoms with Gasteiger partial charge in [0.15, 0.2) is 0 Å². The number of anilines is 1. The van der Waals surface area contributed by atoms with E-state index in [0.29, 0.717) is 18.1 Å². The Bertz CT molecular complexity index is 1080. The second-order valence-electron chi connectivity index (χ2n) is 9.68. The molecule has 2 heterocycles. The molecule has 9 nitrogen and oxygen atoms in total. The minimum atomic E-state index is -0.234. The first-order valence-corrected chi connectivity index (χ1v) is 11.3. The van der Waals surface area contributed by atoms with Crippen LogP contribution in [-0.2, 0) is 22.4 Å². The van der Waals surface area contributed by atoms with Crippen LogP contribution in [0.4, 0.5) is 5.88 Å². The summed E-state index contributed by atoms with van der Waals surface area (Å²) in [6.07, 6.45) is 2.70. The Kier molecular flexibility index (Phi) is 8.08. The number of allylic oxidation sites excluding steroid dienone is 1. The summed E-state index contributed by atoms with van der Waals surface area (Å²) in [6.45, 7) is 7.57. The van der Waals surface area contributed by atoms with Crippen LogP contribution in [-0.4, -0.2) is 36.0 Å². The van der Waals surface area contributed by atoms with Gasteiger partial charge in [0.2, 0.25) is 11.8 Å². The largest absolute Gasteiger partial charge is 0.384 e. The third-order valence-corrected chi connectivity index (χ3v) is 5.29. The topological polar surface area (TPSA) is 150 Å². The van der Waals surface area contributed by atoms with E-state index in [1.165, 1.54) is 0 Å². The molecule has 5 N–H and O–H groups in total. The van der Waals surface area contributed by atoms with Crippen LogP contribution in [0, 0.1) is 22.2 Å². The van der Waals surface area contributed by atoms with Crippen LogP contribution in [0.15, 0.2) is 46.2 Å². The van der Waals surface area contributed by atoms with E-state index in [1.54, 1.807) is 30.3 Å². The summed E-state index contributed by atoms with van der Waals surface area (Å²) in [4.78, 5) is 12.4. The van der Waals surface area contributed by atoms with Crippen molar-refractivity contribution in [2.45, 2.75) is 52.5 Å². The number of hydrogen-bond acceptors (Lipinski definition) is 8. The fourth-order valence-electron chi connectivity index (χ4n) is 3.70. The zero-order valence-electron chi connectivity index (χ0n) is 19.9. The van der Waals surface area contributed by atoms with Crippen LogP contribution < -0.4 is 16.4 Å². The van der Waals surface area contributed by atoms with Crippen LogP contribution in [0.2, 0.25) is 0 Å². The van der Waals surface area contributed by atoms with Gasteiger partial charge in [0.05, 0.1) is 30.5 Å². The minimum absolute atomic E-state index is 0.0215. The molecule has 1 aromatic heterocycles. The standard InChI is InChI=1S/C25H32N6O3/c1-25(2,3)13-19-12-22(34-31-19)30-21(32)11-16-6-8-17(9-7-16)23(27)20(14-26)24(28)29-18-5-4-10-33-15-18/h6-9,12,18,27,29H,4-5,10-11,13,15,28H2,1-3H3,(H,30,32)/b24-20-,27-23?. The molecule has 180 valence electrons. The number of carbonyl (C=O) groups is 1. The zero-order chi connectivity index (χ0) is 24.7. The number of nitrogens with zero attached hydrogens (tertiary/aromatic N) is 2. The number of amides is 1. The van der Waals surface area contributed by atoms with Gasteiger partial charge in [0.1, 0.15) is 17.5 Å². The number of nitrogens with two attached hydrogens (primary N) is 1. The maximum Gasteiger partial charge on any atom is 0.231 e. The Morgan fingerprint density at radius 3 is 2.68 bits per heavy atom. The molecule has 1 unspecified atom stereocenters. The summed E-state index contributed by atoms with van der Waals surface area (Å²) in [6, 6.07) is 10.7. The summed E-state index contributed by atoms with van der Waals surface area (Å²) in [5.41, 5.74) is 8.34. The molecule has 1 aliphatic heterocycles. The van der Waals surface area contributed by atoms with Crippen molar-refractivity contribution < 1.29 is 14.1 Å². The van der Waals surface area contributed by atoms with Crippen molar-refractivity contribution in [3.8, 4) is 6.07 Å². The van der Waals surface area contributed by atoms with E-state index in [4.69, 9.17) is 20.4 Å². The second kappa shape index (κ2) is 11.0. The predicted molar refractivity (Wildman–Crippen MR) is 129 cm³/mol. The van der Waals surface area contributed by atoms with Crippen molar-refractivity contribution in [3.63, 3.8) is 0 Å². The van der Waals surface area contributed by atoms with Crippen LogP contribution in [0.1, 0.15) is 50.4 Å². The molecular weight excluding hydrogens is 432 g/mol. The number of rotatable bonds is 8. The number of carbonyl (C=O) groups excluding carboxylic acids is 1. The fourth-order valence-corrected chi connectivity index (χ4v) is 3.70. The molecular formula is C25H32N6O3. The summed E-state index contributed by atoms with van der Waals surface area (Å²) < 4.78 is 10.6. The summed E-state index contributed by atoms with van der Waals surface area (Å²) >= 11 is 0. The second-order valence-corrected chi connectivity index (χ2v) is 9.68. The van der Waals surface area contributed by atoms with Crippen LogP contribution in [0.3, 0.4) is 0 Å². The zero-order valence-corrected chi connectivity index (χ0v) is 19.9. The van der Waals surface area contributed by atoms with Crippen molar-refractivity contribution in [2.75, 3.05) is 18.5 Å². The van der Waals surface area contributed by atoms with E-state index in [1.807, 2.05) is 6.07 Å². The summed E-state index contributed by atoms with van der Waals surface area (Å²) in [5, 5.41) is 27.8. The van der Waals surface area contributed by atoms with E-state index < -0.39 is 0 Å². The molecule has 1 amide bonds. The summed E-state index contributed by atoms with van der Waals surface area (Å²) in [7, 11) is 0. The number of ether oxygens (including phenoxy) is 1.